The van der Waals surface area contributed by atoms with Crippen molar-refractivity contribution in [1.82, 2.24) is 0 Å². The molecule has 1 unspecified atom stereocenters. The lowest BCUT2D eigenvalue weighted by Gasteiger charge is -2.31. The van der Waals surface area contributed by atoms with E-state index in [-0.39, 0.29) is 5.91 Å². The molecule has 1 aliphatic heterocycles. The molecule has 0 fully saturated rings. The summed E-state index contributed by atoms with van der Waals surface area (Å²) in [5.41, 5.74) is 2.35. The van der Waals surface area contributed by atoms with E-state index in [9.17, 15) is 9.59 Å². The molecule has 5 heteroatoms. The van der Waals surface area contributed by atoms with Gasteiger partial charge in [-0.1, -0.05) is 30.3 Å². The zero-order valence-electron chi connectivity index (χ0n) is 14.4. The highest BCUT2D eigenvalue weighted by atomic mass is 16.5. The summed E-state index contributed by atoms with van der Waals surface area (Å²) in [5, 5.41) is 0. The van der Waals surface area contributed by atoms with Crippen LogP contribution in [0.2, 0.25) is 0 Å². The second kappa shape index (κ2) is 7.38. The average Bonchev–Trinajstić information content (AvgIpc) is 2.66. The van der Waals surface area contributed by atoms with Gasteiger partial charge in [0.05, 0.1) is 7.11 Å². The average molecular weight is 339 g/mol. The van der Waals surface area contributed by atoms with E-state index in [2.05, 4.69) is 0 Å². The number of ether oxygens (including phenoxy) is 2. The lowest BCUT2D eigenvalue weighted by Crippen LogP contribution is -2.42. The highest BCUT2D eigenvalue weighted by molar-refractivity contribution is 6.00. The van der Waals surface area contributed by atoms with E-state index < -0.39 is 12.1 Å². The van der Waals surface area contributed by atoms with Gasteiger partial charge in [0.15, 0.2) is 6.10 Å². The lowest BCUT2D eigenvalue weighted by atomic mass is 10.0. The summed E-state index contributed by atoms with van der Waals surface area (Å²) in [6.45, 7) is 2.24. The topological polar surface area (TPSA) is 55.8 Å². The molecule has 3 rings (SSSR count). The Morgan fingerprint density at radius 2 is 1.80 bits per heavy atom. The van der Waals surface area contributed by atoms with Gasteiger partial charge >= 0.3 is 5.97 Å². The van der Waals surface area contributed by atoms with Gasteiger partial charge in [-0.15, -0.1) is 0 Å². The minimum absolute atomic E-state index is 0.213. The maximum atomic E-state index is 12.8. The molecule has 0 bridgehead atoms. The molecule has 0 N–H and O–H groups in total. The number of hydrogen-bond donors (Lipinski definition) is 0. The normalized spacial score (nSPS) is 14.4. The number of aryl methyl sites for hydroxylation is 1. The smallest absolute Gasteiger partial charge is 0.342 e. The number of benzene rings is 2. The number of anilines is 1. The molecule has 1 atom stereocenters. The van der Waals surface area contributed by atoms with Gasteiger partial charge in [-0.3, -0.25) is 4.79 Å². The van der Waals surface area contributed by atoms with E-state index in [1.54, 1.807) is 36.1 Å². The van der Waals surface area contributed by atoms with Crippen LogP contribution in [0.5, 0.6) is 5.75 Å². The first kappa shape index (κ1) is 17.0. The second-order valence-electron chi connectivity index (χ2n) is 5.97. The predicted molar refractivity (Wildman–Crippen MR) is 95.0 cm³/mol. The number of carbonyl (C=O) groups excluding carboxylic acids is 2. The van der Waals surface area contributed by atoms with E-state index in [0.29, 0.717) is 17.9 Å². The molecule has 130 valence electrons. The van der Waals surface area contributed by atoms with Gasteiger partial charge in [0, 0.05) is 12.2 Å². The third-order valence-electron chi connectivity index (χ3n) is 4.33. The summed E-state index contributed by atoms with van der Waals surface area (Å²) < 4.78 is 10.6. The predicted octanol–water partition coefficient (Wildman–Crippen LogP) is 3.22. The van der Waals surface area contributed by atoms with E-state index >= 15 is 0 Å². The molecule has 1 heterocycles. The molecule has 5 nitrogen and oxygen atoms in total. The maximum Gasteiger partial charge on any atom is 0.342 e. The van der Waals surface area contributed by atoms with E-state index in [1.807, 2.05) is 24.3 Å². The zero-order valence-corrected chi connectivity index (χ0v) is 14.4. The zero-order chi connectivity index (χ0) is 17.8. The highest BCUT2D eigenvalue weighted by Gasteiger charge is 2.29. The van der Waals surface area contributed by atoms with Gasteiger partial charge in [0.2, 0.25) is 0 Å². The van der Waals surface area contributed by atoms with Crippen LogP contribution in [0.25, 0.3) is 0 Å². The van der Waals surface area contributed by atoms with Crippen LogP contribution in [0.4, 0.5) is 5.69 Å². The molecule has 1 aliphatic rings. The summed E-state index contributed by atoms with van der Waals surface area (Å²) in [4.78, 5) is 26.9. The van der Waals surface area contributed by atoms with E-state index in [0.717, 1.165) is 24.1 Å². The Balaban J connectivity index is 1.74. The van der Waals surface area contributed by atoms with Crippen molar-refractivity contribution in [3.63, 3.8) is 0 Å². The Kier molecular flexibility index (Phi) is 5.03. The third kappa shape index (κ3) is 3.50. The van der Waals surface area contributed by atoms with Crippen molar-refractivity contribution < 1.29 is 19.1 Å². The molecule has 0 spiro atoms. The molecule has 0 radical (unpaired) electrons. The van der Waals surface area contributed by atoms with Crippen LogP contribution in [0.3, 0.4) is 0 Å². The van der Waals surface area contributed by atoms with Crippen LogP contribution in [-0.4, -0.2) is 31.6 Å². The third-order valence-corrected chi connectivity index (χ3v) is 4.33. The molecular weight excluding hydrogens is 318 g/mol. The Labute approximate surface area is 147 Å². The van der Waals surface area contributed by atoms with Gasteiger partial charge in [-0.2, -0.15) is 0 Å². The van der Waals surface area contributed by atoms with Crippen molar-refractivity contribution in [2.45, 2.75) is 25.9 Å². The van der Waals surface area contributed by atoms with Crippen molar-refractivity contribution in [2.24, 2.45) is 0 Å². The monoisotopic (exact) mass is 339 g/mol. The van der Waals surface area contributed by atoms with Crippen molar-refractivity contribution in [2.75, 3.05) is 18.6 Å². The molecular formula is C20H21NO4. The minimum atomic E-state index is -0.872. The number of nitrogens with zero attached hydrogens (tertiary/aromatic N) is 1. The number of hydrogen-bond acceptors (Lipinski definition) is 4. The van der Waals surface area contributed by atoms with E-state index in [1.165, 1.54) is 7.11 Å². The molecule has 25 heavy (non-hydrogen) atoms. The first-order chi connectivity index (χ1) is 12.1. The standard InChI is InChI=1S/C20H21NO4/c1-14(25-20(23)16-10-4-6-12-18(16)24-2)19(22)21-13-7-9-15-8-3-5-11-17(15)21/h3-6,8,10-12,14H,7,9,13H2,1-2H3. The maximum absolute atomic E-state index is 12.8. The summed E-state index contributed by atoms with van der Waals surface area (Å²) in [6.07, 6.45) is 0.981. The van der Waals surface area contributed by atoms with Gasteiger partial charge < -0.3 is 14.4 Å². The Hall–Kier alpha value is -2.82. The lowest BCUT2D eigenvalue weighted by molar-refractivity contribution is -0.126. The van der Waals surface area contributed by atoms with Crippen LogP contribution in [-0.2, 0) is 16.0 Å². The Morgan fingerprint density at radius 3 is 2.60 bits per heavy atom. The Bertz CT molecular complexity index is 787. The molecule has 2 aromatic rings. The van der Waals surface area contributed by atoms with Crippen LogP contribution in [0.15, 0.2) is 48.5 Å². The number of fused-ring (bicyclic) bond motifs is 1. The van der Waals surface area contributed by atoms with Crippen LogP contribution < -0.4 is 9.64 Å². The number of esters is 1. The minimum Gasteiger partial charge on any atom is -0.496 e. The molecule has 0 saturated heterocycles. The first-order valence-electron chi connectivity index (χ1n) is 8.35. The fourth-order valence-electron chi connectivity index (χ4n) is 3.07. The summed E-state index contributed by atoms with van der Waals surface area (Å²) >= 11 is 0. The number of carbonyl (C=O) groups is 2. The molecule has 0 aromatic heterocycles. The van der Waals surface area contributed by atoms with Crippen molar-refractivity contribution in [3.8, 4) is 5.75 Å². The molecule has 1 amide bonds. The molecule has 0 aliphatic carbocycles. The van der Waals surface area contributed by atoms with Gasteiger partial charge in [-0.05, 0) is 43.5 Å². The summed E-state index contributed by atoms with van der Waals surface area (Å²) in [6, 6.07) is 14.6. The number of para-hydroxylation sites is 2. The van der Waals surface area contributed by atoms with Crippen LogP contribution in [0.1, 0.15) is 29.3 Å². The highest BCUT2D eigenvalue weighted by Crippen LogP contribution is 2.28. The largest absolute Gasteiger partial charge is 0.496 e. The van der Waals surface area contributed by atoms with Crippen LogP contribution >= 0.6 is 0 Å². The van der Waals surface area contributed by atoms with Gasteiger partial charge in [-0.25, -0.2) is 4.79 Å². The second-order valence-corrected chi connectivity index (χ2v) is 5.97. The Morgan fingerprint density at radius 1 is 1.08 bits per heavy atom. The summed E-state index contributed by atoms with van der Waals surface area (Å²) in [5.74, 6) is -0.352. The van der Waals surface area contributed by atoms with Crippen molar-refractivity contribution >= 4 is 17.6 Å². The van der Waals surface area contributed by atoms with Crippen molar-refractivity contribution in [3.05, 3.63) is 59.7 Å². The first-order valence-corrected chi connectivity index (χ1v) is 8.35. The van der Waals surface area contributed by atoms with E-state index in [4.69, 9.17) is 9.47 Å². The number of methoxy groups -OCH3 is 1. The van der Waals surface area contributed by atoms with Gasteiger partial charge in [0.1, 0.15) is 11.3 Å². The molecule has 2 aromatic carbocycles. The SMILES string of the molecule is COc1ccccc1C(=O)OC(C)C(=O)N1CCCc2ccccc21. The molecule has 0 saturated carbocycles. The number of rotatable bonds is 4. The van der Waals surface area contributed by atoms with Crippen LogP contribution in [0, 0.1) is 0 Å². The fraction of sp³-hybridized carbons (Fsp3) is 0.300. The fourth-order valence-corrected chi connectivity index (χ4v) is 3.07. The summed E-state index contributed by atoms with van der Waals surface area (Å²) in [7, 11) is 1.49. The quantitative estimate of drug-likeness (QED) is 0.803. The van der Waals surface area contributed by atoms with Crippen molar-refractivity contribution in [1.29, 1.82) is 0 Å². The van der Waals surface area contributed by atoms with Gasteiger partial charge in [0.25, 0.3) is 5.91 Å². The number of amides is 1.